The third-order valence-corrected chi connectivity index (χ3v) is 4.43. The zero-order chi connectivity index (χ0) is 16.2. The van der Waals surface area contributed by atoms with Gasteiger partial charge in [-0.2, -0.15) is 0 Å². The molecule has 3 rings (SSSR count). The summed E-state index contributed by atoms with van der Waals surface area (Å²) in [7, 11) is 0. The summed E-state index contributed by atoms with van der Waals surface area (Å²) >= 11 is 0. The van der Waals surface area contributed by atoms with Crippen molar-refractivity contribution in [2.24, 2.45) is 0 Å². The molecule has 1 fully saturated rings. The zero-order valence-corrected chi connectivity index (χ0v) is 14.7. The first-order valence-corrected chi connectivity index (χ1v) is 8.39. The number of hydrogen-bond donors (Lipinski definition) is 3. The second-order valence-corrected chi connectivity index (χ2v) is 6.13. The average molecular weight is 353 g/mol. The molecule has 1 aromatic rings. The smallest absolute Gasteiger partial charge is 0.321 e. The van der Waals surface area contributed by atoms with Crippen molar-refractivity contribution in [2.75, 3.05) is 29.9 Å². The predicted molar refractivity (Wildman–Crippen MR) is 98.1 cm³/mol. The third-order valence-electron chi connectivity index (χ3n) is 4.43. The highest BCUT2D eigenvalue weighted by molar-refractivity contribution is 5.96. The van der Waals surface area contributed by atoms with E-state index in [4.69, 9.17) is 0 Å². The molecule has 6 nitrogen and oxygen atoms in total. The highest BCUT2D eigenvalue weighted by atomic mass is 35.5. The molecule has 0 aromatic heterocycles. The van der Waals surface area contributed by atoms with Crippen LogP contribution in [-0.4, -0.2) is 37.6 Å². The first kappa shape index (κ1) is 18.5. The number of halogens is 1. The van der Waals surface area contributed by atoms with Crippen molar-refractivity contribution in [1.29, 1.82) is 0 Å². The van der Waals surface area contributed by atoms with Crippen molar-refractivity contribution in [2.45, 2.75) is 38.6 Å². The molecule has 132 valence electrons. The molecule has 0 spiro atoms. The molecule has 24 heavy (non-hydrogen) atoms. The van der Waals surface area contributed by atoms with E-state index in [9.17, 15) is 9.59 Å². The Labute approximate surface area is 148 Å². The Morgan fingerprint density at radius 3 is 2.92 bits per heavy atom. The molecule has 2 aliphatic heterocycles. The SMILES string of the molecule is CCNC(=O)N1CCc2ccc(NC(=O)CC3CCCN3)cc21.Cl. The molecule has 0 saturated carbocycles. The van der Waals surface area contributed by atoms with Gasteiger partial charge in [0.1, 0.15) is 0 Å². The second-order valence-electron chi connectivity index (χ2n) is 6.13. The number of nitrogens with zero attached hydrogens (tertiary/aromatic N) is 1. The fourth-order valence-corrected chi connectivity index (χ4v) is 3.28. The largest absolute Gasteiger partial charge is 0.338 e. The minimum Gasteiger partial charge on any atom is -0.338 e. The van der Waals surface area contributed by atoms with Gasteiger partial charge in [0.25, 0.3) is 0 Å². The van der Waals surface area contributed by atoms with E-state index in [-0.39, 0.29) is 30.4 Å². The monoisotopic (exact) mass is 352 g/mol. The summed E-state index contributed by atoms with van der Waals surface area (Å²) in [4.78, 5) is 26.0. The number of urea groups is 1. The Balaban J connectivity index is 0.00000208. The maximum atomic E-state index is 12.1. The highest BCUT2D eigenvalue weighted by Crippen LogP contribution is 2.31. The number of benzene rings is 1. The number of nitrogens with one attached hydrogen (secondary N) is 3. The van der Waals surface area contributed by atoms with Crippen LogP contribution in [0.3, 0.4) is 0 Å². The van der Waals surface area contributed by atoms with Crippen LogP contribution in [0.1, 0.15) is 31.7 Å². The van der Waals surface area contributed by atoms with Crippen molar-refractivity contribution in [3.05, 3.63) is 23.8 Å². The standard InChI is InChI=1S/C17H24N4O2.ClH/c1-2-18-17(23)21-9-7-12-5-6-14(10-15(12)21)20-16(22)11-13-4-3-8-19-13;/h5-6,10,13,19H,2-4,7-9,11H2,1H3,(H,18,23)(H,20,22);1H. The van der Waals surface area contributed by atoms with Crippen LogP contribution in [0.25, 0.3) is 0 Å². The topological polar surface area (TPSA) is 73.5 Å². The average Bonchev–Trinajstić information content (AvgIpc) is 3.16. The van der Waals surface area contributed by atoms with E-state index < -0.39 is 0 Å². The molecule has 1 unspecified atom stereocenters. The van der Waals surface area contributed by atoms with Crippen LogP contribution in [0.2, 0.25) is 0 Å². The lowest BCUT2D eigenvalue weighted by Crippen LogP contribution is -2.38. The molecule has 0 bridgehead atoms. The normalized spacial score (nSPS) is 18.7. The number of carbonyl (C=O) groups is 2. The summed E-state index contributed by atoms with van der Waals surface area (Å²) < 4.78 is 0. The summed E-state index contributed by atoms with van der Waals surface area (Å²) in [6.07, 6.45) is 3.55. The molecule has 1 atom stereocenters. The number of carbonyl (C=O) groups excluding carboxylic acids is 2. The van der Waals surface area contributed by atoms with Crippen molar-refractivity contribution in [3.63, 3.8) is 0 Å². The molecular weight excluding hydrogens is 328 g/mol. The number of amides is 3. The number of fused-ring (bicyclic) bond motifs is 1. The Bertz CT molecular complexity index is 602. The van der Waals surface area contributed by atoms with E-state index in [0.29, 0.717) is 19.5 Å². The van der Waals surface area contributed by atoms with Gasteiger partial charge in [0, 0.05) is 31.2 Å². The summed E-state index contributed by atoms with van der Waals surface area (Å²) in [5.74, 6) is 0.0203. The van der Waals surface area contributed by atoms with Crippen LogP contribution in [0.5, 0.6) is 0 Å². The Kier molecular flexibility index (Phi) is 6.45. The molecule has 1 saturated heterocycles. The first-order chi connectivity index (χ1) is 11.2. The van der Waals surface area contributed by atoms with E-state index in [2.05, 4.69) is 16.0 Å². The zero-order valence-electron chi connectivity index (χ0n) is 13.9. The molecule has 3 amide bonds. The van der Waals surface area contributed by atoms with Gasteiger partial charge < -0.3 is 16.0 Å². The van der Waals surface area contributed by atoms with Gasteiger partial charge in [0.2, 0.25) is 5.91 Å². The van der Waals surface area contributed by atoms with Gasteiger partial charge in [-0.15, -0.1) is 12.4 Å². The van der Waals surface area contributed by atoms with Crippen molar-refractivity contribution >= 4 is 35.7 Å². The predicted octanol–water partition coefficient (Wildman–Crippen LogP) is 2.28. The van der Waals surface area contributed by atoms with Crippen LogP contribution < -0.4 is 20.9 Å². The van der Waals surface area contributed by atoms with Gasteiger partial charge in [-0.1, -0.05) is 6.07 Å². The first-order valence-electron chi connectivity index (χ1n) is 8.39. The number of hydrogen-bond acceptors (Lipinski definition) is 3. The van der Waals surface area contributed by atoms with Crippen LogP contribution in [0, 0.1) is 0 Å². The van der Waals surface area contributed by atoms with Crippen LogP contribution in [0.4, 0.5) is 16.2 Å². The molecule has 1 aromatic carbocycles. The van der Waals surface area contributed by atoms with E-state index in [1.807, 2.05) is 25.1 Å². The van der Waals surface area contributed by atoms with Crippen LogP contribution >= 0.6 is 12.4 Å². The number of anilines is 2. The van der Waals surface area contributed by atoms with Gasteiger partial charge in [-0.05, 0) is 50.4 Å². The molecular formula is C17H25ClN4O2. The lowest BCUT2D eigenvalue weighted by atomic mass is 10.1. The maximum Gasteiger partial charge on any atom is 0.321 e. The van der Waals surface area contributed by atoms with Crippen LogP contribution in [-0.2, 0) is 11.2 Å². The van der Waals surface area contributed by atoms with Gasteiger partial charge in [-0.3, -0.25) is 9.69 Å². The van der Waals surface area contributed by atoms with Gasteiger partial charge >= 0.3 is 6.03 Å². The fraction of sp³-hybridized carbons (Fsp3) is 0.529. The quantitative estimate of drug-likeness (QED) is 0.778. The van der Waals surface area contributed by atoms with E-state index in [1.54, 1.807) is 4.90 Å². The Hall–Kier alpha value is -1.79. The summed E-state index contributed by atoms with van der Waals surface area (Å²) in [5, 5.41) is 9.11. The summed E-state index contributed by atoms with van der Waals surface area (Å²) in [5.41, 5.74) is 2.79. The Morgan fingerprint density at radius 2 is 2.21 bits per heavy atom. The minimum atomic E-state index is -0.0788. The minimum absolute atomic E-state index is 0. The lowest BCUT2D eigenvalue weighted by Gasteiger charge is -2.18. The second kappa shape index (κ2) is 8.35. The van der Waals surface area contributed by atoms with E-state index >= 15 is 0 Å². The summed E-state index contributed by atoms with van der Waals surface area (Å²) in [6, 6.07) is 6.02. The highest BCUT2D eigenvalue weighted by Gasteiger charge is 2.25. The molecule has 3 N–H and O–H groups in total. The van der Waals surface area contributed by atoms with E-state index in [0.717, 1.165) is 42.7 Å². The van der Waals surface area contributed by atoms with Crippen LogP contribution in [0.15, 0.2) is 18.2 Å². The van der Waals surface area contributed by atoms with E-state index in [1.165, 1.54) is 0 Å². The fourth-order valence-electron chi connectivity index (χ4n) is 3.28. The van der Waals surface area contributed by atoms with Gasteiger partial charge in [0.05, 0.1) is 5.69 Å². The van der Waals surface area contributed by atoms with Crippen molar-refractivity contribution < 1.29 is 9.59 Å². The van der Waals surface area contributed by atoms with Crippen molar-refractivity contribution in [3.8, 4) is 0 Å². The van der Waals surface area contributed by atoms with Crippen molar-refractivity contribution in [1.82, 2.24) is 10.6 Å². The summed E-state index contributed by atoms with van der Waals surface area (Å²) in [6.45, 7) is 4.20. The Morgan fingerprint density at radius 1 is 1.38 bits per heavy atom. The molecule has 0 radical (unpaired) electrons. The molecule has 2 aliphatic rings. The third kappa shape index (κ3) is 4.19. The van der Waals surface area contributed by atoms with Gasteiger partial charge in [-0.25, -0.2) is 4.79 Å². The number of rotatable bonds is 4. The molecule has 0 aliphatic carbocycles. The molecule has 7 heteroatoms. The van der Waals surface area contributed by atoms with Gasteiger partial charge in [0.15, 0.2) is 0 Å². The molecule has 2 heterocycles. The maximum absolute atomic E-state index is 12.1. The lowest BCUT2D eigenvalue weighted by molar-refractivity contribution is -0.116.